The fourth-order valence-electron chi connectivity index (χ4n) is 11.1. The van der Waals surface area contributed by atoms with Crippen molar-refractivity contribution >= 4 is 45.9 Å². The molecule has 418 valence electrons. The van der Waals surface area contributed by atoms with Crippen LogP contribution in [0.5, 0.6) is 0 Å². The molecule has 4 atom stereocenters. The second kappa shape index (κ2) is 36.7. The van der Waals surface area contributed by atoms with Gasteiger partial charge in [0.2, 0.25) is 11.8 Å². The number of thiophene rings is 2. The van der Waals surface area contributed by atoms with E-state index in [1.807, 2.05) is 9.80 Å². The number of aryl methyl sites for hydroxylation is 2. The molecule has 0 saturated heterocycles. The van der Waals surface area contributed by atoms with Crippen molar-refractivity contribution in [1.82, 2.24) is 0 Å². The molecule has 2 aromatic heterocycles. The largest absolute Gasteiger partial charge is 0.312 e. The van der Waals surface area contributed by atoms with Gasteiger partial charge < -0.3 is 9.80 Å². The molecule has 0 spiro atoms. The molecule has 4 nitrogen and oxygen atoms in total. The summed E-state index contributed by atoms with van der Waals surface area (Å²) in [6, 6.07) is 21.6. The highest BCUT2D eigenvalue weighted by atomic mass is 32.1. The van der Waals surface area contributed by atoms with Crippen LogP contribution in [-0.4, -0.2) is 24.9 Å². The minimum atomic E-state index is -0.647. The van der Waals surface area contributed by atoms with E-state index in [4.69, 9.17) is 12.8 Å². The van der Waals surface area contributed by atoms with Crippen molar-refractivity contribution in [3.8, 4) is 140 Å². The SMILES string of the molecule is C#CC#CC#CC#CC#CC(CCCCCCCCCC)CCCCCN1C(=O)C(C2C(=O)N(CCCC(C#CC#CC#CC#CC#C)CCCCCCCCCC)c3cc(-c4ccc(-c5ccc(C)s5)s4)ccc32)c2ccc(C)cc21. The van der Waals surface area contributed by atoms with Crippen LogP contribution in [0, 0.1) is 145 Å². The van der Waals surface area contributed by atoms with Gasteiger partial charge in [-0.2, -0.15) is 0 Å². The first-order valence-corrected chi connectivity index (χ1v) is 31.9. The van der Waals surface area contributed by atoms with Crippen LogP contribution in [0.2, 0.25) is 0 Å². The van der Waals surface area contributed by atoms with Gasteiger partial charge in [0.1, 0.15) is 0 Å². The Balaban J connectivity index is 1.19. The van der Waals surface area contributed by atoms with Crippen molar-refractivity contribution in [3.05, 3.63) is 82.2 Å². The van der Waals surface area contributed by atoms with E-state index in [-0.39, 0.29) is 23.7 Å². The Labute approximate surface area is 502 Å². The Bertz CT molecular complexity index is 3400. The lowest BCUT2D eigenvalue weighted by molar-refractivity contribution is -0.125. The molecular formula is C76H80N2O2S2. The second-order valence-corrected chi connectivity index (χ2v) is 24.0. The highest BCUT2D eigenvalue weighted by Crippen LogP contribution is 2.52. The molecular weight excluding hydrogens is 1040 g/mol. The van der Waals surface area contributed by atoms with E-state index in [1.54, 1.807) is 22.7 Å². The van der Waals surface area contributed by atoms with Crippen LogP contribution < -0.4 is 9.80 Å². The van der Waals surface area contributed by atoms with Gasteiger partial charge in [0.25, 0.3) is 0 Å². The fraction of sp³-hybridized carbons (Fsp3) is 0.447. The first-order valence-electron chi connectivity index (χ1n) is 30.2. The lowest BCUT2D eigenvalue weighted by Gasteiger charge is -2.22. The summed E-state index contributed by atoms with van der Waals surface area (Å²) in [6.07, 6.45) is 37.9. The van der Waals surface area contributed by atoms with E-state index in [1.165, 1.54) is 105 Å². The minimum absolute atomic E-state index is 0.00458. The van der Waals surface area contributed by atoms with Gasteiger partial charge in [0.15, 0.2) is 0 Å². The van der Waals surface area contributed by atoms with Crippen molar-refractivity contribution < 1.29 is 9.59 Å². The third-order valence-corrected chi connectivity index (χ3v) is 17.7. The normalized spacial score (nSPS) is 14.0. The van der Waals surface area contributed by atoms with Gasteiger partial charge in [-0.05, 0) is 206 Å². The molecule has 4 unspecified atom stereocenters. The molecule has 6 rings (SSSR count). The van der Waals surface area contributed by atoms with Crippen molar-refractivity contribution in [1.29, 1.82) is 0 Å². The molecule has 82 heavy (non-hydrogen) atoms. The van der Waals surface area contributed by atoms with E-state index in [0.29, 0.717) is 13.1 Å². The number of hydrogen-bond acceptors (Lipinski definition) is 4. The summed E-state index contributed by atoms with van der Waals surface area (Å²) in [5.74, 6) is 48.8. The molecule has 4 aromatic rings. The highest BCUT2D eigenvalue weighted by molar-refractivity contribution is 7.23. The van der Waals surface area contributed by atoms with Gasteiger partial charge in [-0.3, -0.25) is 9.59 Å². The number of fused-ring (bicyclic) bond motifs is 2. The third-order valence-electron chi connectivity index (χ3n) is 15.4. The van der Waals surface area contributed by atoms with Crippen LogP contribution in [-0.2, 0) is 9.59 Å². The number of unbranched alkanes of at least 4 members (excludes halogenated alkanes) is 16. The number of nitrogens with zero attached hydrogens (tertiary/aromatic N) is 2. The lowest BCUT2D eigenvalue weighted by atomic mass is 9.82. The number of carbonyl (C=O) groups excluding carboxylic acids is 2. The van der Waals surface area contributed by atoms with Crippen LogP contribution in [0.15, 0.2) is 60.7 Å². The monoisotopic (exact) mass is 1120 g/mol. The van der Waals surface area contributed by atoms with Gasteiger partial charge in [-0.1, -0.05) is 166 Å². The molecule has 0 radical (unpaired) electrons. The van der Waals surface area contributed by atoms with E-state index in [0.717, 1.165) is 103 Å². The molecule has 6 heteroatoms. The summed E-state index contributed by atoms with van der Waals surface area (Å²) in [4.78, 5) is 39.5. The Morgan fingerprint density at radius 2 is 0.829 bits per heavy atom. The van der Waals surface area contributed by atoms with Crippen molar-refractivity contribution in [3.63, 3.8) is 0 Å². The second-order valence-electron chi connectivity index (χ2n) is 21.6. The predicted molar refractivity (Wildman–Crippen MR) is 348 cm³/mol. The van der Waals surface area contributed by atoms with Gasteiger partial charge in [0.05, 0.1) is 11.8 Å². The van der Waals surface area contributed by atoms with Gasteiger partial charge in [-0.25, -0.2) is 0 Å². The van der Waals surface area contributed by atoms with Gasteiger partial charge in [-0.15, -0.1) is 35.5 Å². The fourth-order valence-corrected chi connectivity index (χ4v) is 13.1. The Hall–Kier alpha value is -7.62. The number of hydrogen-bond donors (Lipinski definition) is 0. The van der Waals surface area contributed by atoms with Crippen LogP contribution in [0.3, 0.4) is 0 Å². The summed E-state index contributed by atoms with van der Waals surface area (Å²) in [6.45, 7) is 9.85. The average Bonchev–Trinajstić information content (AvgIpc) is 2.32. The minimum Gasteiger partial charge on any atom is -0.312 e. The zero-order valence-electron chi connectivity index (χ0n) is 49.1. The zero-order chi connectivity index (χ0) is 58.0. The summed E-state index contributed by atoms with van der Waals surface area (Å²) >= 11 is 3.57. The van der Waals surface area contributed by atoms with Crippen molar-refractivity contribution in [2.45, 2.75) is 194 Å². The molecule has 2 aromatic carbocycles. The number of anilines is 2. The lowest BCUT2D eigenvalue weighted by Crippen LogP contribution is -2.36. The van der Waals surface area contributed by atoms with Crippen LogP contribution in [0.25, 0.3) is 20.2 Å². The third kappa shape index (κ3) is 20.4. The molecule has 0 aliphatic carbocycles. The summed E-state index contributed by atoms with van der Waals surface area (Å²) < 4.78 is 0. The highest BCUT2D eigenvalue weighted by Gasteiger charge is 2.50. The molecule has 4 heterocycles. The topological polar surface area (TPSA) is 40.6 Å². The first kappa shape index (κ1) is 63.6. The smallest absolute Gasteiger partial charge is 0.235 e. The number of terminal acetylenes is 2. The van der Waals surface area contributed by atoms with Crippen molar-refractivity contribution in [2.24, 2.45) is 11.8 Å². The molecule has 2 aliphatic rings. The first-order chi connectivity index (χ1) is 40.3. The summed E-state index contributed by atoms with van der Waals surface area (Å²) in [5.41, 5.74) is 5.83. The summed E-state index contributed by atoms with van der Waals surface area (Å²) in [5, 5.41) is 0. The molecule has 2 aliphatic heterocycles. The maximum atomic E-state index is 15.4. The predicted octanol–water partition coefficient (Wildman–Crippen LogP) is 17.2. The molecule has 0 saturated carbocycles. The Kier molecular flexibility index (Phi) is 28.4. The number of rotatable bonds is 31. The molecule has 2 amide bonds. The number of carbonyl (C=O) groups is 2. The van der Waals surface area contributed by atoms with Gasteiger partial charge in [0, 0.05) is 55.8 Å². The van der Waals surface area contributed by atoms with Crippen LogP contribution in [0.4, 0.5) is 11.4 Å². The van der Waals surface area contributed by atoms with Crippen LogP contribution >= 0.6 is 22.7 Å². The summed E-state index contributed by atoms with van der Waals surface area (Å²) in [7, 11) is 0. The Morgan fingerprint density at radius 3 is 1.33 bits per heavy atom. The maximum Gasteiger partial charge on any atom is 0.235 e. The van der Waals surface area contributed by atoms with E-state index >= 15 is 9.59 Å². The van der Waals surface area contributed by atoms with E-state index in [9.17, 15) is 0 Å². The standard InChI is InChI=1S/C76H80N2O2S2/c1-7-11-15-19-23-27-31-36-43-63(44-37-32-28-24-20-16-12-8-2)47-40-35-41-57-77-68-59-61(5)49-52-66(68)73(75(77)79)74-67-53-51-65(70-55-56-72(82-70)71-54-50-62(6)81-71)60-69(67)78(76(74)80)58-42-48-64(45-38-33-29-25-21-17-13-9-3)46-39-34-30-26-22-18-14-10-4/h1,3,49-56,59-60,63-64,73-74H,8,10,12,14,16,18,20,22,24,26,28,30,32,34-35,37,39-42,44,46-48,57-58H2,2,4-6H3. The average molecular weight is 1120 g/mol. The zero-order valence-corrected chi connectivity index (χ0v) is 50.8. The van der Waals surface area contributed by atoms with Crippen LogP contribution in [0.1, 0.15) is 201 Å². The maximum absolute atomic E-state index is 15.4. The number of amides is 2. The quantitative estimate of drug-likeness (QED) is 0.0372. The van der Waals surface area contributed by atoms with E-state index < -0.39 is 11.8 Å². The van der Waals surface area contributed by atoms with E-state index in [2.05, 4.69) is 195 Å². The molecule has 0 fully saturated rings. The van der Waals surface area contributed by atoms with Gasteiger partial charge >= 0.3 is 0 Å². The molecule has 0 N–H and O–H groups in total. The molecule has 0 bridgehead atoms. The Morgan fingerprint density at radius 1 is 0.427 bits per heavy atom. The van der Waals surface area contributed by atoms with Crippen molar-refractivity contribution in [2.75, 3.05) is 22.9 Å². The number of benzene rings is 2.